The minimum Gasteiger partial charge on any atom is -0.440 e. The van der Waals surface area contributed by atoms with Crippen molar-refractivity contribution in [3.05, 3.63) is 53.3 Å². The molecule has 2 aliphatic carbocycles. The molecule has 1 unspecified atom stereocenters. The number of benzene rings is 1. The molecule has 34 heavy (non-hydrogen) atoms. The van der Waals surface area contributed by atoms with Gasteiger partial charge in [-0.25, -0.2) is 14.7 Å². The van der Waals surface area contributed by atoms with Gasteiger partial charge in [-0.1, -0.05) is 25.4 Å². The molecule has 1 amide bonds. The molecule has 1 spiro atoms. The van der Waals surface area contributed by atoms with Crippen molar-refractivity contribution < 1.29 is 9.53 Å². The summed E-state index contributed by atoms with van der Waals surface area (Å²) in [5.74, 6) is 1.54. The molecule has 1 N–H and O–H groups in total. The van der Waals surface area contributed by atoms with Crippen molar-refractivity contribution in [3.63, 3.8) is 0 Å². The molecule has 1 aliphatic heterocycles. The largest absolute Gasteiger partial charge is 0.440 e. The molecule has 1 aromatic carbocycles. The Hall–Kier alpha value is -3.20. The zero-order valence-electron chi connectivity index (χ0n) is 19.3. The minimum absolute atomic E-state index is 0.0837. The van der Waals surface area contributed by atoms with E-state index in [-0.39, 0.29) is 23.6 Å². The Morgan fingerprint density at radius 3 is 2.50 bits per heavy atom. The standard InChI is InChI=1S/C24H26ClN7O2/c1-14(2)19-24(10-11-24)34-22(33)32(19)21-28-15(3)27-20(29-21)30-23(8-9-23)18-12-31(13-26-18)17-6-4-16(25)5-7-17/h4-7,12-14,19H,8-11H2,1-3H3,(H,27,28,29,30). The third kappa shape index (κ3) is 3.50. The smallest absolute Gasteiger partial charge is 0.417 e. The molecule has 3 aromatic rings. The first-order valence-electron chi connectivity index (χ1n) is 11.6. The van der Waals surface area contributed by atoms with Gasteiger partial charge in [0.05, 0.1) is 23.6 Å². The highest BCUT2D eigenvalue weighted by Crippen LogP contribution is 2.52. The van der Waals surface area contributed by atoms with E-state index >= 15 is 0 Å². The van der Waals surface area contributed by atoms with Gasteiger partial charge in [-0.3, -0.25) is 0 Å². The monoisotopic (exact) mass is 479 g/mol. The molecular weight excluding hydrogens is 454 g/mol. The van der Waals surface area contributed by atoms with E-state index in [2.05, 4.69) is 39.1 Å². The third-order valence-electron chi connectivity index (χ3n) is 6.93. The molecule has 3 aliphatic rings. The molecule has 2 aromatic heterocycles. The summed E-state index contributed by atoms with van der Waals surface area (Å²) in [7, 11) is 0. The number of amides is 1. The van der Waals surface area contributed by atoms with E-state index in [0.29, 0.717) is 22.7 Å². The summed E-state index contributed by atoms with van der Waals surface area (Å²) in [4.78, 5) is 32.8. The van der Waals surface area contributed by atoms with Crippen LogP contribution in [0.2, 0.25) is 5.02 Å². The van der Waals surface area contributed by atoms with E-state index in [0.717, 1.165) is 37.1 Å². The molecule has 9 nitrogen and oxygen atoms in total. The second kappa shape index (κ2) is 7.40. The highest BCUT2D eigenvalue weighted by Gasteiger charge is 2.63. The van der Waals surface area contributed by atoms with Crippen molar-refractivity contribution in [2.45, 2.75) is 63.6 Å². The van der Waals surface area contributed by atoms with Gasteiger partial charge >= 0.3 is 6.09 Å². The fourth-order valence-electron chi connectivity index (χ4n) is 5.00. The summed E-state index contributed by atoms with van der Waals surface area (Å²) < 4.78 is 7.73. The van der Waals surface area contributed by atoms with E-state index < -0.39 is 5.60 Å². The Kier molecular flexibility index (Phi) is 4.64. The first-order chi connectivity index (χ1) is 16.3. The molecule has 2 saturated carbocycles. The fraction of sp³-hybridized carbons (Fsp3) is 0.458. The Morgan fingerprint density at radius 2 is 1.85 bits per heavy atom. The van der Waals surface area contributed by atoms with E-state index in [9.17, 15) is 4.79 Å². The number of aryl methyl sites for hydroxylation is 1. The molecule has 1 saturated heterocycles. The lowest BCUT2D eigenvalue weighted by molar-refractivity contribution is 0.109. The summed E-state index contributed by atoms with van der Waals surface area (Å²) in [6.07, 6.45) is 7.02. The molecule has 176 valence electrons. The number of ether oxygens (including phenoxy) is 1. The van der Waals surface area contributed by atoms with Gasteiger partial charge < -0.3 is 14.6 Å². The zero-order chi connectivity index (χ0) is 23.7. The van der Waals surface area contributed by atoms with Crippen LogP contribution in [0.25, 0.3) is 5.69 Å². The second-order valence-electron chi connectivity index (χ2n) is 9.85. The lowest BCUT2D eigenvalue weighted by Gasteiger charge is -2.26. The van der Waals surface area contributed by atoms with E-state index in [4.69, 9.17) is 16.3 Å². The number of carbonyl (C=O) groups excluding carboxylic acids is 1. The van der Waals surface area contributed by atoms with Gasteiger partial charge in [0.25, 0.3) is 0 Å². The van der Waals surface area contributed by atoms with Crippen molar-refractivity contribution >= 4 is 29.6 Å². The molecule has 0 radical (unpaired) electrons. The van der Waals surface area contributed by atoms with Crippen LogP contribution in [0.3, 0.4) is 0 Å². The third-order valence-corrected chi connectivity index (χ3v) is 7.18. The van der Waals surface area contributed by atoms with Crippen LogP contribution in [0.15, 0.2) is 36.8 Å². The molecular formula is C24H26ClN7O2. The van der Waals surface area contributed by atoms with Crippen LogP contribution in [0.5, 0.6) is 0 Å². The van der Waals surface area contributed by atoms with Crippen LogP contribution in [0.1, 0.15) is 51.0 Å². The van der Waals surface area contributed by atoms with Gasteiger partial charge in [-0.15, -0.1) is 0 Å². The zero-order valence-corrected chi connectivity index (χ0v) is 20.1. The number of rotatable bonds is 6. The number of imidazole rings is 1. The molecule has 0 bridgehead atoms. The van der Waals surface area contributed by atoms with Crippen LogP contribution in [0, 0.1) is 12.8 Å². The highest BCUT2D eigenvalue weighted by atomic mass is 35.5. The van der Waals surface area contributed by atoms with Crippen LogP contribution >= 0.6 is 11.6 Å². The van der Waals surface area contributed by atoms with Gasteiger partial charge in [0.15, 0.2) is 0 Å². The lowest BCUT2D eigenvalue weighted by Crippen LogP contribution is -2.43. The Bertz CT molecular complexity index is 1260. The number of aromatic nitrogens is 5. The van der Waals surface area contributed by atoms with Crippen molar-refractivity contribution in [1.82, 2.24) is 24.5 Å². The average molecular weight is 480 g/mol. The summed E-state index contributed by atoms with van der Waals surface area (Å²) in [5, 5.41) is 4.18. The predicted molar refractivity (Wildman–Crippen MR) is 127 cm³/mol. The summed E-state index contributed by atoms with van der Waals surface area (Å²) in [6, 6.07) is 7.54. The predicted octanol–water partition coefficient (Wildman–Crippen LogP) is 4.63. The van der Waals surface area contributed by atoms with Crippen molar-refractivity contribution in [2.75, 3.05) is 10.2 Å². The van der Waals surface area contributed by atoms with Gasteiger partial charge in [0, 0.05) is 16.9 Å². The summed E-state index contributed by atoms with van der Waals surface area (Å²) >= 11 is 6.02. The minimum atomic E-state index is -0.397. The number of hydrogen-bond donors (Lipinski definition) is 1. The number of nitrogens with zero attached hydrogens (tertiary/aromatic N) is 6. The van der Waals surface area contributed by atoms with E-state index in [1.54, 1.807) is 11.2 Å². The first kappa shape index (κ1) is 21.3. The van der Waals surface area contributed by atoms with Crippen LogP contribution < -0.4 is 10.2 Å². The van der Waals surface area contributed by atoms with E-state index in [1.165, 1.54) is 0 Å². The van der Waals surface area contributed by atoms with Gasteiger partial charge in [-0.2, -0.15) is 15.0 Å². The van der Waals surface area contributed by atoms with Gasteiger partial charge in [0.1, 0.15) is 11.4 Å². The number of carbonyl (C=O) groups is 1. The molecule has 6 rings (SSSR count). The molecule has 10 heteroatoms. The average Bonchev–Trinajstić information content (AvgIpc) is 3.65. The quantitative estimate of drug-likeness (QED) is 0.550. The van der Waals surface area contributed by atoms with Crippen molar-refractivity contribution in [3.8, 4) is 5.69 Å². The maximum absolute atomic E-state index is 12.8. The second-order valence-corrected chi connectivity index (χ2v) is 10.3. The molecule has 1 atom stereocenters. The SMILES string of the molecule is Cc1nc(NC2(c3cn(-c4ccc(Cl)cc4)cn3)CC2)nc(N2C(=O)OC3(CC3)C2C(C)C)n1. The highest BCUT2D eigenvalue weighted by molar-refractivity contribution is 6.30. The fourth-order valence-corrected chi connectivity index (χ4v) is 5.13. The van der Waals surface area contributed by atoms with Gasteiger partial charge in [-0.05, 0) is 62.8 Å². The number of nitrogens with one attached hydrogen (secondary N) is 1. The first-order valence-corrected chi connectivity index (χ1v) is 12.0. The summed E-state index contributed by atoms with van der Waals surface area (Å²) in [5.41, 5.74) is 1.16. The topological polar surface area (TPSA) is 98.1 Å². The normalized spacial score (nSPS) is 21.7. The molecule has 3 heterocycles. The van der Waals surface area contributed by atoms with Crippen molar-refractivity contribution in [1.29, 1.82) is 0 Å². The van der Waals surface area contributed by atoms with Crippen molar-refractivity contribution in [2.24, 2.45) is 5.92 Å². The Balaban J connectivity index is 1.28. The van der Waals surface area contributed by atoms with Crippen LogP contribution in [0.4, 0.5) is 16.7 Å². The van der Waals surface area contributed by atoms with Crippen LogP contribution in [-0.4, -0.2) is 42.2 Å². The number of halogens is 1. The lowest BCUT2D eigenvalue weighted by atomic mass is 9.96. The Labute approximate surface area is 202 Å². The van der Waals surface area contributed by atoms with Crippen LogP contribution in [-0.2, 0) is 10.3 Å². The van der Waals surface area contributed by atoms with E-state index in [1.807, 2.05) is 42.0 Å². The maximum atomic E-state index is 12.8. The number of hydrogen-bond acceptors (Lipinski definition) is 7. The molecule has 3 fully saturated rings. The summed E-state index contributed by atoms with van der Waals surface area (Å²) in [6.45, 7) is 6.01. The maximum Gasteiger partial charge on any atom is 0.417 e. The number of anilines is 2. The van der Waals surface area contributed by atoms with Gasteiger partial charge in [0.2, 0.25) is 11.9 Å². The Morgan fingerprint density at radius 1 is 1.12 bits per heavy atom.